The summed E-state index contributed by atoms with van der Waals surface area (Å²) in [4.78, 5) is 12.2. The predicted molar refractivity (Wildman–Crippen MR) is 77.8 cm³/mol. The van der Waals surface area contributed by atoms with Crippen molar-refractivity contribution >= 4 is 11.8 Å². The van der Waals surface area contributed by atoms with E-state index in [0.717, 1.165) is 11.1 Å². The first-order chi connectivity index (χ1) is 10.7. The molecular formula is C14H14N6O2. The second-order valence-electron chi connectivity index (χ2n) is 4.81. The lowest BCUT2D eigenvalue weighted by Gasteiger charge is -2.09. The summed E-state index contributed by atoms with van der Waals surface area (Å²) in [5.74, 6) is 0.0370. The summed E-state index contributed by atoms with van der Waals surface area (Å²) in [5, 5.41) is 17.5. The molecule has 0 spiro atoms. The second-order valence-corrected chi connectivity index (χ2v) is 4.81. The maximum Gasteiger partial charge on any atom is 0.251 e. The number of carbonyl (C=O) groups is 1. The largest absolute Gasteiger partial charge is 0.338 e. The maximum atomic E-state index is 12.2. The smallest absolute Gasteiger partial charge is 0.251 e. The molecule has 3 aromatic rings. The number of rotatable bonds is 4. The lowest BCUT2D eigenvalue weighted by molar-refractivity contribution is -0.119. The highest BCUT2D eigenvalue weighted by Gasteiger charge is 2.20. The van der Waals surface area contributed by atoms with E-state index >= 15 is 0 Å². The molecule has 0 radical (unpaired) electrons. The molecule has 2 aromatic heterocycles. The van der Waals surface area contributed by atoms with Gasteiger partial charge in [-0.25, -0.2) is 4.68 Å². The van der Waals surface area contributed by atoms with Gasteiger partial charge in [0.2, 0.25) is 5.88 Å². The number of nitrogens with one attached hydrogen (secondary N) is 1. The average Bonchev–Trinajstić information content (AvgIpc) is 3.18. The van der Waals surface area contributed by atoms with Crippen molar-refractivity contribution in [2.75, 3.05) is 5.32 Å². The number of aromatic nitrogens is 5. The summed E-state index contributed by atoms with van der Waals surface area (Å²) in [6.07, 6.45) is 1.38. The van der Waals surface area contributed by atoms with Crippen LogP contribution >= 0.6 is 0 Å². The van der Waals surface area contributed by atoms with Crippen LogP contribution in [0.25, 0.3) is 11.3 Å². The number of anilines is 1. The fourth-order valence-corrected chi connectivity index (χ4v) is 2.00. The van der Waals surface area contributed by atoms with Crippen LogP contribution in [0.4, 0.5) is 5.88 Å². The van der Waals surface area contributed by atoms with Gasteiger partial charge in [0.1, 0.15) is 18.1 Å². The predicted octanol–water partition coefficient (Wildman–Crippen LogP) is 1.84. The van der Waals surface area contributed by atoms with E-state index in [0.29, 0.717) is 11.6 Å². The zero-order chi connectivity index (χ0) is 15.5. The van der Waals surface area contributed by atoms with Crippen molar-refractivity contribution in [2.45, 2.75) is 19.9 Å². The van der Waals surface area contributed by atoms with E-state index in [1.54, 1.807) is 6.92 Å². The summed E-state index contributed by atoms with van der Waals surface area (Å²) in [6, 6.07) is 9.07. The van der Waals surface area contributed by atoms with Crippen LogP contribution < -0.4 is 5.32 Å². The van der Waals surface area contributed by atoms with Gasteiger partial charge in [0.15, 0.2) is 0 Å². The molecule has 0 saturated carbocycles. The Hall–Kier alpha value is -3.03. The van der Waals surface area contributed by atoms with E-state index in [9.17, 15) is 4.79 Å². The van der Waals surface area contributed by atoms with Gasteiger partial charge in [-0.05, 0) is 24.3 Å². The van der Waals surface area contributed by atoms with Crippen LogP contribution in [0.15, 0.2) is 41.2 Å². The number of tetrazole rings is 1. The zero-order valence-electron chi connectivity index (χ0n) is 12.1. The van der Waals surface area contributed by atoms with Gasteiger partial charge in [-0.15, -0.1) is 5.10 Å². The Labute approximate surface area is 126 Å². The second kappa shape index (κ2) is 5.76. The van der Waals surface area contributed by atoms with Crippen molar-refractivity contribution in [2.24, 2.45) is 0 Å². The van der Waals surface area contributed by atoms with Crippen LogP contribution in [0.5, 0.6) is 0 Å². The molecule has 8 heteroatoms. The minimum atomic E-state index is -0.556. The highest BCUT2D eigenvalue weighted by molar-refractivity contribution is 5.93. The SMILES string of the molecule is Cc1c(-c2ccccc2)noc1NC(=O)[C@H](C)n1cnnn1. The molecule has 0 aliphatic rings. The maximum absolute atomic E-state index is 12.2. The summed E-state index contributed by atoms with van der Waals surface area (Å²) < 4.78 is 6.61. The van der Waals surface area contributed by atoms with E-state index in [1.165, 1.54) is 11.0 Å². The summed E-state index contributed by atoms with van der Waals surface area (Å²) in [5.41, 5.74) is 2.40. The van der Waals surface area contributed by atoms with E-state index in [4.69, 9.17) is 4.52 Å². The lowest BCUT2D eigenvalue weighted by Crippen LogP contribution is -2.24. The molecule has 0 aliphatic carbocycles. The fraction of sp³-hybridized carbons (Fsp3) is 0.214. The molecule has 1 atom stereocenters. The van der Waals surface area contributed by atoms with Crippen molar-refractivity contribution in [1.82, 2.24) is 25.4 Å². The fourth-order valence-electron chi connectivity index (χ4n) is 2.00. The van der Waals surface area contributed by atoms with E-state index < -0.39 is 6.04 Å². The van der Waals surface area contributed by atoms with E-state index in [1.807, 2.05) is 37.3 Å². The van der Waals surface area contributed by atoms with Crippen LogP contribution in [0.3, 0.4) is 0 Å². The van der Waals surface area contributed by atoms with Crippen molar-refractivity contribution in [3.63, 3.8) is 0 Å². The van der Waals surface area contributed by atoms with Gasteiger partial charge < -0.3 is 4.52 Å². The Balaban J connectivity index is 1.79. The number of benzene rings is 1. The summed E-state index contributed by atoms with van der Waals surface area (Å²) >= 11 is 0. The third kappa shape index (κ3) is 2.58. The average molecular weight is 298 g/mol. The molecule has 22 heavy (non-hydrogen) atoms. The normalized spacial score (nSPS) is 12.1. The highest BCUT2D eigenvalue weighted by atomic mass is 16.5. The summed E-state index contributed by atoms with van der Waals surface area (Å²) in [7, 11) is 0. The van der Waals surface area contributed by atoms with Crippen LogP contribution in [0, 0.1) is 6.92 Å². The first kappa shape index (κ1) is 13.9. The first-order valence-electron chi connectivity index (χ1n) is 6.72. The van der Waals surface area contributed by atoms with Crippen LogP contribution in [0.1, 0.15) is 18.5 Å². The standard InChI is InChI=1S/C14H14N6O2/c1-9-12(11-6-4-3-5-7-11)17-22-14(9)16-13(21)10(2)20-8-15-18-19-20/h3-8,10H,1-2H3,(H,16,21)/t10-/m0/s1. The van der Waals surface area contributed by atoms with Crippen LogP contribution in [0.2, 0.25) is 0 Å². The quantitative estimate of drug-likeness (QED) is 0.789. The molecule has 0 bridgehead atoms. The number of hydrogen-bond acceptors (Lipinski definition) is 6. The molecule has 112 valence electrons. The topological polar surface area (TPSA) is 98.7 Å². The molecule has 0 unspecified atom stereocenters. The van der Waals surface area contributed by atoms with Gasteiger partial charge >= 0.3 is 0 Å². The Morgan fingerprint density at radius 1 is 1.32 bits per heavy atom. The van der Waals surface area contributed by atoms with Crippen LogP contribution in [-0.4, -0.2) is 31.3 Å². The van der Waals surface area contributed by atoms with Gasteiger partial charge in [-0.3, -0.25) is 10.1 Å². The molecule has 0 aliphatic heterocycles. The molecule has 3 rings (SSSR count). The zero-order valence-corrected chi connectivity index (χ0v) is 12.1. The Morgan fingerprint density at radius 3 is 2.77 bits per heavy atom. The van der Waals surface area contributed by atoms with Gasteiger partial charge in [-0.1, -0.05) is 35.5 Å². The van der Waals surface area contributed by atoms with Gasteiger partial charge in [0.25, 0.3) is 5.91 Å². The molecule has 1 amide bonds. The van der Waals surface area contributed by atoms with Crippen molar-refractivity contribution in [3.8, 4) is 11.3 Å². The minimum Gasteiger partial charge on any atom is -0.338 e. The molecule has 1 aromatic carbocycles. The van der Waals surface area contributed by atoms with E-state index in [-0.39, 0.29) is 5.91 Å². The summed E-state index contributed by atoms with van der Waals surface area (Å²) in [6.45, 7) is 3.53. The minimum absolute atomic E-state index is 0.286. The van der Waals surface area contributed by atoms with Gasteiger partial charge in [0, 0.05) is 11.1 Å². The molecule has 0 fully saturated rings. The number of carbonyl (C=O) groups excluding carboxylic acids is 1. The molecular weight excluding hydrogens is 284 g/mol. The molecule has 8 nitrogen and oxygen atoms in total. The molecule has 0 saturated heterocycles. The number of hydrogen-bond donors (Lipinski definition) is 1. The molecule has 1 N–H and O–H groups in total. The lowest BCUT2D eigenvalue weighted by atomic mass is 10.1. The van der Waals surface area contributed by atoms with Crippen molar-refractivity contribution < 1.29 is 9.32 Å². The number of nitrogens with zero attached hydrogens (tertiary/aromatic N) is 5. The Morgan fingerprint density at radius 2 is 2.09 bits per heavy atom. The highest BCUT2D eigenvalue weighted by Crippen LogP contribution is 2.28. The van der Waals surface area contributed by atoms with E-state index in [2.05, 4.69) is 26.0 Å². The van der Waals surface area contributed by atoms with Crippen molar-refractivity contribution in [3.05, 3.63) is 42.2 Å². The third-order valence-corrected chi connectivity index (χ3v) is 3.35. The monoisotopic (exact) mass is 298 g/mol. The third-order valence-electron chi connectivity index (χ3n) is 3.35. The van der Waals surface area contributed by atoms with Crippen molar-refractivity contribution in [1.29, 1.82) is 0 Å². The first-order valence-corrected chi connectivity index (χ1v) is 6.72. The Kier molecular flexibility index (Phi) is 3.65. The van der Waals surface area contributed by atoms with Crippen LogP contribution in [-0.2, 0) is 4.79 Å². The van der Waals surface area contributed by atoms with Gasteiger partial charge in [-0.2, -0.15) is 0 Å². The Bertz CT molecular complexity index is 766. The van der Waals surface area contributed by atoms with Gasteiger partial charge in [0.05, 0.1) is 0 Å². The molecule has 2 heterocycles. The number of amides is 1.